The highest BCUT2D eigenvalue weighted by atomic mass is 32.1. The maximum absolute atomic E-state index is 12.2. The van der Waals surface area contributed by atoms with Gasteiger partial charge in [0, 0.05) is 36.6 Å². The van der Waals surface area contributed by atoms with Crippen LogP contribution in [0.4, 0.5) is 15.6 Å². The number of amides is 1. The quantitative estimate of drug-likeness (QED) is 0.318. The topological polar surface area (TPSA) is 112 Å². The van der Waals surface area contributed by atoms with Gasteiger partial charge in [-0.25, -0.2) is 14.8 Å². The first-order chi connectivity index (χ1) is 15.2. The van der Waals surface area contributed by atoms with E-state index in [9.17, 15) is 14.9 Å². The summed E-state index contributed by atoms with van der Waals surface area (Å²) in [6, 6.07) is 10.4. The minimum atomic E-state index is -0.632. The first kappa shape index (κ1) is 21.4. The van der Waals surface area contributed by atoms with Crippen molar-refractivity contribution in [1.29, 1.82) is 0 Å². The molecule has 0 saturated heterocycles. The van der Waals surface area contributed by atoms with Gasteiger partial charge < -0.3 is 9.30 Å². The van der Waals surface area contributed by atoms with Crippen LogP contribution in [0.5, 0.6) is 0 Å². The third-order valence-electron chi connectivity index (χ3n) is 4.45. The number of carbonyl (C=O) groups is 1. The van der Waals surface area contributed by atoms with Gasteiger partial charge >= 0.3 is 6.09 Å². The highest BCUT2D eigenvalue weighted by Crippen LogP contribution is 2.36. The second-order valence-corrected chi connectivity index (χ2v) is 9.21. The Balaban J connectivity index is 1.78. The van der Waals surface area contributed by atoms with Gasteiger partial charge in [0.2, 0.25) is 0 Å². The molecule has 2 aromatic heterocycles. The molecule has 164 valence electrons. The normalized spacial score (nSPS) is 11.5. The van der Waals surface area contributed by atoms with Crippen molar-refractivity contribution >= 4 is 38.5 Å². The van der Waals surface area contributed by atoms with Gasteiger partial charge in [0.15, 0.2) is 5.13 Å². The van der Waals surface area contributed by atoms with Gasteiger partial charge in [-0.05, 0) is 44.0 Å². The van der Waals surface area contributed by atoms with E-state index in [0.29, 0.717) is 22.8 Å². The van der Waals surface area contributed by atoms with Crippen molar-refractivity contribution in [3.8, 4) is 11.1 Å². The Labute approximate surface area is 187 Å². The number of rotatable bonds is 5. The minimum absolute atomic E-state index is 0.00186. The van der Waals surface area contributed by atoms with Crippen LogP contribution in [0.3, 0.4) is 0 Å². The second kappa shape index (κ2) is 8.39. The van der Waals surface area contributed by atoms with E-state index in [-0.39, 0.29) is 5.69 Å². The van der Waals surface area contributed by atoms with Crippen LogP contribution in [0.25, 0.3) is 21.3 Å². The van der Waals surface area contributed by atoms with Crippen molar-refractivity contribution in [3.63, 3.8) is 0 Å². The lowest BCUT2D eigenvalue weighted by Gasteiger charge is -2.18. The predicted molar refractivity (Wildman–Crippen MR) is 123 cm³/mol. The molecule has 32 heavy (non-hydrogen) atoms. The Morgan fingerprint density at radius 1 is 1.28 bits per heavy atom. The van der Waals surface area contributed by atoms with Crippen LogP contribution in [-0.2, 0) is 11.3 Å². The van der Waals surface area contributed by atoms with Crippen LogP contribution in [0.15, 0.2) is 55.1 Å². The molecule has 0 unspecified atom stereocenters. The number of benzene rings is 2. The van der Waals surface area contributed by atoms with Crippen LogP contribution in [0, 0.1) is 10.1 Å². The lowest BCUT2D eigenvalue weighted by Crippen LogP contribution is -2.27. The second-order valence-electron chi connectivity index (χ2n) is 8.18. The molecule has 4 aromatic rings. The summed E-state index contributed by atoms with van der Waals surface area (Å²) in [7, 11) is 0. The average molecular weight is 452 g/mol. The number of thiazole rings is 1. The predicted octanol–water partition coefficient (Wildman–Crippen LogP) is 5.46. The fourth-order valence-corrected chi connectivity index (χ4v) is 4.16. The minimum Gasteiger partial charge on any atom is -0.444 e. The summed E-state index contributed by atoms with van der Waals surface area (Å²) in [5, 5.41) is 14.4. The molecule has 0 spiro atoms. The lowest BCUT2D eigenvalue weighted by molar-refractivity contribution is -0.384. The molecule has 0 aliphatic heterocycles. The molecule has 9 nitrogen and oxygen atoms in total. The number of ether oxygens (including phenoxy) is 1. The number of nitro groups is 1. The summed E-state index contributed by atoms with van der Waals surface area (Å²) in [6.07, 6.45) is 4.70. The van der Waals surface area contributed by atoms with E-state index in [4.69, 9.17) is 4.74 Å². The monoisotopic (exact) mass is 451 g/mol. The molecule has 2 aromatic carbocycles. The number of hydrogen-bond acceptors (Lipinski definition) is 7. The van der Waals surface area contributed by atoms with Crippen molar-refractivity contribution in [2.75, 3.05) is 5.32 Å². The Kier molecular flexibility index (Phi) is 5.62. The SMILES string of the molecule is CC(C)(C)OC(=O)Nc1nc2c(-c3cccc([N+](=O)[O-])c3)cc(Cn3ccnc3)cc2s1. The van der Waals surface area contributed by atoms with Crippen LogP contribution >= 0.6 is 11.3 Å². The van der Waals surface area contributed by atoms with Crippen LogP contribution in [0.2, 0.25) is 0 Å². The summed E-state index contributed by atoms with van der Waals surface area (Å²) in [5.41, 5.74) is 2.41. The first-order valence-corrected chi connectivity index (χ1v) is 10.6. The molecule has 0 saturated carbocycles. The first-order valence-electron chi connectivity index (χ1n) is 9.82. The standard InChI is InChI=1S/C22H21N5O4S/c1-22(2,3)31-21(28)25-20-24-19-17(15-5-4-6-16(11-15)27(29)30)9-14(10-18(19)32-20)12-26-8-7-23-13-26/h4-11,13H,12H2,1-3H3,(H,24,25,28). The zero-order chi connectivity index (χ0) is 22.9. The molecule has 0 radical (unpaired) electrons. The fourth-order valence-electron chi connectivity index (χ4n) is 3.22. The zero-order valence-electron chi connectivity index (χ0n) is 17.7. The van der Waals surface area contributed by atoms with E-state index in [0.717, 1.165) is 15.8 Å². The van der Waals surface area contributed by atoms with E-state index in [1.54, 1.807) is 39.4 Å². The van der Waals surface area contributed by atoms with Crippen molar-refractivity contribution in [2.24, 2.45) is 0 Å². The van der Waals surface area contributed by atoms with E-state index < -0.39 is 16.6 Å². The maximum Gasteiger partial charge on any atom is 0.413 e. The van der Waals surface area contributed by atoms with Gasteiger partial charge in [-0.2, -0.15) is 0 Å². The smallest absolute Gasteiger partial charge is 0.413 e. The van der Waals surface area contributed by atoms with Gasteiger partial charge in [0.25, 0.3) is 5.69 Å². The van der Waals surface area contributed by atoms with E-state index in [1.165, 1.54) is 23.5 Å². The Bertz CT molecular complexity index is 1290. The number of nitro benzene ring substituents is 1. The Hall–Kier alpha value is -3.79. The molecule has 1 N–H and O–H groups in total. The maximum atomic E-state index is 12.2. The highest BCUT2D eigenvalue weighted by molar-refractivity contribution is 7.22. The number of nitrogens with zero attached hydrogens (tertiary/aromatic N) is 4. The molecule has 4 rings (SSSR count). The van der Waals surface area contributed by atoms with Crippen molar-refractivity contribution in [3.05, 3.63) is 70.8 Å². The van der Waals surface area contributed by atoms with Crippen LogP contribution in [-0.4, -0.2) is 31.2 Å². The number of hydrogen-bond donors (Lipinski definition) is 1. The number of anilines is 1. The molecular formula is C22H21N5O4S. The summed E-state index contributed by atoms with van der Waals surface area (Å²) in [4.78, 5) is 31.7. The number of fused-ring (bicyclic) bond motifs is 1. The summed E-state index contributed by atoms with van der Waals surface area (Å²) >= 11 is 1.32. The lowest BCUT2D eigenvalue weighted by atomic mass is 10.0. The number of non-ortho nitro benzene ring substituents is 1. The Morgan fingerprint density at radius 2 is 2.09 bits per heavy atom. The molecule has 0 atom stereocenters. The molecule has 0 aliphatic carbocycles. The molecule has 0 aliphatic rings. The van der Waals surface area contributed by atoms with Crippen molar-refractivity contribution in [1.82, 2.24) is 14.5 Å². The average Bonchev–Trinajstić information content (AvgIpc) is 3.35. The van der Waals surface area contributed by atoms with E-state index in [2.05, 4.69) is 15.3 Å². The van der Waals surface area contributed by atoms with E-state index >= 15 is 0 Å². The summed E-state index contributed by atoms with van der Waals surface area (Å²) in [6.45, 7) is 5.93. The molecule has 0 fully saturated rings. The molecule has 10 heteroatoms. The van der Waals surface area contributed by atoms with Crippen LogP contribution in [0.1, 0.15) is 26.3 Å². The zero-order valence-corrected chi connectivity index (χ0v) is 18.5. The Morgan fingerprint density at radius 3 is 2.78 bits per heavy atom. The third kappa shape index (κ3) is 4.92. The van der Waals surface area contributed by atoms with Gasteiger partial charge in [-0.3, -0.25) is 15.4 Å². The van der Waals surface area contributed by atoms with Crippen molar-refractivity contribution in [2.45, 2.75) is 32.9 Å². The molecule has 1 amide bonds. The van der Waals surface area contributed by atoms with Gasteiger partial charge in [0.1, 0.15) is 5.60 Å². The number of imidazole rings is 1. The van der Waals surface area contributed by atoms with Crippen molar-refractivity contribution < 1.29 is 14.5 Å². The molecule has 2 heterocycles. The number of aromatic nitrogens is 3. The summed E-state index contributed by atoms with van der Waals surface area (Å²) < 4.78 is 8.09. The van der Waals surface area contributed by atoms with Gasteiger partial charge in [0.05, 0.1) is 21.5 Å². The summed E-state index contributed by atoms with van der Waals surface area (Å²) in [5.74, 6) is 0. The molecular weight excluding hydrogens is 430 g/mol. The largest absolute Gasteiger partial charge is 0.444 e. The van der Waals surface area contributed by atoms with Crippen LogP contribution < -0.4 is 5.32 Å². The fraction of sp³-hybridized carbons (Fsp3) is 0.227. The number of nitrogens with one attached hydrogen (secondary N) is 1. The third-order valence-corrected chi connectivity index (χ3v) is 5.37. The highest BCUT2D eigenvalue weighted by Gasteiger charge is 2.19. The number of carbonyl (C=O) groups excluding carboxylic acids is 1. The van der Waals surface area contributed by atoms with E-state index in [1.807, 2.05) is 29.0 Å². The molecule has 0 bridgehead atoms. The van der Waals surface area contributed by atoms with Gasteiger partial charge in [-0.1, -0.05) is 23.5 Å². The van der Waals surface area contributed by atoms with Gasteiger partial charge in [-0.15, -0.1) is 0 Å².